The van der Waals surface area contributed by atoms with Crippen molar-refractivity contribution in [2.24, 2.45) is 11.7 Å². The van der Waals surface area contributed by atoms with Crippen molar-refractivity contribution in [3.8, 4) is 0 Å². The summed E-state index contributed by atoms with van der Waals surface area (Å²) in [5.41, 5.74) is 8.47. The first-order chi connectivity index (χ1) is 8.20. The van der Waals surface area contributed by atoms with E-state index in [4.69, 9.17) is 5.73 Å². The van der Waals surface area contributed by atoms with E-state index in [-0.39, 0.29) is 0 Å². The molecule has 0 bridgehead atoms. The van der Waals surface area contributed by atoms with Crippen molar-refractivity contribution in [3.63, 3.8) is 0 Å². The van der Waals surface area contributed by atoms with Crippen molar-refractivity contribution in [2.75, 3.05) is 11.9 Å². The summed E-state index contributed by atoms with van der Waals surface area (Å²) in [4.78, 5) is 0. The van der Waals surface area contributed by atoms with Crippen LogP contribution in [-0.2, 0) is 0 Å². The summed E-state index contributed by atoms with van der Waals surface area (Å²) < 4.78 is 0. The van der Waals surface area contributed by atoms with Gasteiger partial charge in [0.15, 0.2) is 0 Å². The molecular formula is C15H24N2. The molecule has 1 aromatic rings. The van der Waals surface area contributed by atoms with Gasteiger partial charge in [-0.05, 0) is 48.9 Å². The third-order valence-corrected chi connectivity index (χ3v) is 3.87. The molecule has 1 aliphatic rings. The highest BCUT2D eigenvalue weighted by atomic mass is 14.9. The largest absolute Gasteiger partial charge is 0.382 e. The van der Waals surface area contributed by atoms with Crippen molar-refractivity contribution < 1.29 is 0 Å². The van der Waals surface area contributed by atoms with Gasteiger partial charge >= 0.3 is 0 Å². The Balaban J connectivity index is 2.05. The third-order valence-electron chi connectivity index (χ3n) is 3.87. The monoisotopic (exact) mass is 232 g/mol. The molecule has 1 fully saturated rings. The van der Waals surface area contributed by atoms with Crippen LogP contribution in [0.25, 0.3) is 0 Å². The molecule has 0 amide bonds. The number of rotatable bonds is 4. The molecule has 0 saturated heterocycles. The summed E-state index contributed by atoms with van der Waals surface area (Å²) in [6.45, 7) is 5.27. The van der Waals surface area contributed by atoms with Gasteiger partial charge in [-0.15, -0.1) is 0 Å². The second-order valence-corrected chi connectivity index (χ2v) is 5.46. The molecule has 0 spiro atoms. The zero-order valence-corrected chi connectivity index (χ0v) is 10.9. The molecule has 2 nitrogen and oxygen atoms in total. The van der Waals surface area contributed by atoms with Crippen molar-refractivity contribution in [2.45, 2.75) is 45.1 Å². The van der Waals surface area contributed by atoms with E-state index in [1.165, 1.54) is 30.5 Å². The van der Waals surface area contributed by atoms with Gasteiger partial charge in [-0.25, -0.2) is 0 Å². The Kier molecular flexibility index (Phi) is 4.06. The zero-order chi connectivity index (χ0) is 12.3. The molecule has 0 aromatic heterocycles. The molecule has 0 heterocycles. The van der Waals surface area contributed by atoms with Gasteiger partial charge in [0.2, 0.25) is 0 Å². The summed E-state index contributed by atoms with van der Waals surface area (Å²) in [6, 6.07) is 9.35. The Morgan fingerprint density at radius 1 is 1.35 bits per heavy atom. The van der Waals surface area contributed by atoms with Crippen LogP contribution in [0.3, 0.4) is 0 Å². The van der Waals surface area contributed by atoms with Gasteiger partial charge in [0.1, 0.15) is 0 Å². The number of hydrogen-bond acceptors (Lipinski definition) is 2. The SMILES string of the molecule is CC(C)c1cccc(NC2CCCC2CN)c1. The van der Waals surface area contributed by atoms with E-state index in [0.717, 1.165) is 6.54 Å². The Labute approximate surface area is 105 Å². The van der Waals surface area contributed by atoms with Crippen LogP contribution in [0.15, 0.2) is 24.3 Å². The Morgan fingerprint density at radius 2 is 2.18 bits per heavy atom. The molecular weight excluding hydrogens is 208 g/mol. The minimum atomic E-state index is 0.572. The summed E-state index contributed by atoms with van der Waals surface area (Å²) in [5, 5.41) is 3.66. The molecule has 2 atom stereocenters. The van der Waals surface area contributed by atoms with Gasteiger partial charge in [0, 0.05) is 11.7 Å². The average molecular weight is 232 g/mol. The molecule has 94 valence electrons. The third kappa shape index (κ3) is 3.01. The topological polar surface area (TPSA) is 38.0 Å². The lowest BCUT2D eigenvalue weighted by Crippen LogP contribution is -2.29. The fourth-order valence-electron chi connectivity index (χ4n) is 2.71. The smallest absolute Gasteiger partial charge is 0.0345 e. The fraction of sp³-hybridized carbons (Fsp3) is 0.600. The van der Waals surface area contributed by atoms with Crippen LogP contribution in [0.1, 0.15) is 44.6 Å². The maximum Gasteiger partial charge on any atom is 0.0345 e. The van der Waals surface area contributed by atoms with Crippen molar-refractivity contribution >= 4 is 5.69 Å². The number of nitrogens with one attached hydrogen (secondary N) is 1. The Morgan fingerprint density at radius 3 is 2.88 bits per heavy atom. The van der Waals surface area contributed by atoms with E-state index in [2.05, 4.69) is 43.4 Å². The second kappa shape index (κ2) is 5.54. The van der Waals surface area contributed by atoms with E-state index in [1.54, 1.807) is 0 Å². The van der Waals surface area contributed by atoms with Gasteiger partial charge in [0.05, 0.1) is 0 Å². The highest BCUT2D eigenvalue weighted by Gasteiger charge is 2.25. The summed E-state index contributed by atoms with van der Waals surface area (Å²) in [6.07, 6.45) is 3.84. The average Bonchev–Trinajstić information content (AvgIpc) is 2.76. The van der Waals surface area contributed by atoms with E-state index < -0.39 is 0 Å². The highest BCUT2D eigenvalue weighted by Crippen LogP contribution is 2.28. The molecule has 1 aliphatic carbocycles. The predicted molar refractivity (Wildman–Crippen MR) is 74.3 cm³/mol. The Bertz CT molecular complexity index is 360. The molecule has 0 radical (unpaired) electrons. The number of nitrogens with two attached hydrogens (primary N) is 1. The molecule has 17 heavy (non-hydrogen) atoms. The molecule has 2 heteroatoms. The molecule has 0 aliphatic heterocycles. The maximum atomic E-state index is 5.82. The molecule has 2 unspecified atom stereocenters. The van der Waals surface area contributed by atoms with E-state index in [1.807, 2.05) is 0 Å². The van der Waals surface area contributed by atoms with Crippen LogP contribution in [0.2, 0.25) is 0 Å². The fourth-order valence-corrected chi connectivity index (χ4v) is 2.71. The normalized spacial score (nSPS) is 24.2. The lowest BCUT2D eigenvalue weighted by Gasteiger charge is -2.21. The van der Waals surface area contributed by atoms with Gasteiger partial charge in [-0.2, -0.15) is 0 Å². The predicted octanol–water partition coefficient (Wildman–Crippen LogP) is 3.35. The standard InChI is InChI=1S/C15H24N2/c1-11(2)12-5-3-7-14(9-12)17-15-8-4-6-13(15)10-16/h3,5,7,9,11,13,15,17H,4,6,8,10,16H2,1-2H3. The second-order valence-electron chi connectivity index (χ2n) is 5.46. The van der Waals surface area contributed by atoms with Crippen molar-refractivity contribution in [1.29, 1.82) is 0 Å². The minimum Gasteiger partial charge on any atom is -0.382 e. The molecule has 3 N–H and O–H groups in total. The quantitative estimate of drug-likeness (QED) is 0.835. The van der Waals surface area contributed by atoms with Crippen LogP contribution < -0.4 is 11.1 Å². The first-order valence-corrected chi connectivity index (χ1v) is 6.77. The number of hydrogen-bond donors (Lipinski definition) is 2. The minimum absolute atomic E-state index is 0.572. The maximum absolute atomic E-state index is 5.82. The van der Waals surface area contributed by atoms with Crippen LogP contribution >= 0.6 is 0 Å². The van der Waals surface area contributed by atoms with Crippen LogP contribution in [0.4, 0.5) is 5.69 Å². The molecule has 1 saturated carbocycles. The number of anilines is 1. The van der Waals surface area contributed by atoms with Crippen LogP contribution in [0.5, 0.6) is 0 Å². The van der Waals surface area contributed by atoms with Gasteiger partial charge in [-0.3, -0.25) is 0 Å². The Hall–Kier alpha value is -1.02. The summed E-state index contributed by atoms with van der Waals surface area (Å²) in [7, 11) is 0. The first-order valence-electron chi connectivity index (χ1n) is 6.77. The van der Waals surface area contributed by atoms with E-state index in [9.17, 15) is 0 Å². The van der Waals surface area contributed by atoms with Crippen LogP contribution in [0, 0.1) is 5.92 Å². The van der Waals surface area contributed by atoms with Crippen molar-refractivity contribution in [1.82, 2.24) is 0 Å². The van der Waals surface area contributed by atoms with Gasteiger partial charge in [0.25, 0.3) is 0 Å². The first kappa shape index (κ1) is 12.4. The summed E-state index contributed by atoms with van der Waals surface area (Å²) in [5.74, 6) is 1.24. The lowest BCUT2D eigenvalue weighted by atomic mass is 10.0. The van der Waals surface area contributed by atoms with Crippen molar-refractivity contribution in [3.05, 3.63) is 29.8 Å². The van der Waals surface area contributed by atoms with E-state index >= 15 is 0 Å². The van der Waals surface area contributed by atoms with Gasteiger partial charge in [-0.1, -0.05) is 32.4 Å². The highest BCUT2D eigenvalue weighted by molar-refractivity contribution is 5.47. The number of benzene rings is 1. The lowest BCUT2D eigenvalue weighted by molar-refractivity contribution is 0.516. The molecule has 2 rings (SSSR count). The van der Waals surface area contributed by atoms with E-state index in [0.29, 0.717) is 17.9 Å². The van der Waals surface area contributed by atoms with Gasteiger partial charge < -0.3 is 11.1 Å². The molecule has 1 aromatic carbocycles. The zero-order valence-electron chi connectivity index (χ0n) is 10.9. The van der Waals surface area contributed by atoms with Crippen LogP contribution in [-0.4, -0.2) is 12.6 Å². The summed E-state index contributed by atoms with van der Waals surface area (Å²) >= 11 is 0.